The first-order valence-electron chi connectivity index (χ1n) is 7.13. The minimum Gasteiger partial charge on any atom is -0.497 e. The fourth-order valence-corrected chi connectivity index (χ4v) is 3.16. The van der Waals surface area contributed by atoms with E-state index in [9.17, 15) is 4.79 Å². The maximum absolute atomic E-state index is 11.3. The Hall–Kier alpha value is -1.51. The molecule has 3 heteroatoms. The van der Waals surface area contributed by atoms with Crippen LogP contribution in [0.4, 0.5) is 0 Å². The molecular weight excluding hydrogens is 238 g/mol. The van der Waals surface area contributed by atoms with Crippen LogP contribution in [0.25, 0.3) is 0 Å². The molecule has 0 aromatic heterocycles. The van der Waals surface area contributed by atoms with Crippen molar-refractivity contribution in [3.05, 3.63) is 29.8 Å². The number of rotatable bonds is 5. The molecule has 1 fully saturated rings. The van der Waals surface area contributed by atoms with Crippen molar-refractivity contribution in [3.8, 4) is 5.75 Å². The van der Waals surface area contributed by atoms with E-state index in [2.05, 4.69) is 12.1 Å². The summed E-state index contributed by atoms with van der Waals surface area (Å²) in [5.74, 6) is 1.51. The van der Waals surface area contributed by atoms with Crippen LogP contribution in [0.5, 0.6) is 5.75 Å². The van der Waals surface area contributed by atoms with E-state index in [1.54, 1.807) is 7.11 Å². The molecule has 0 bridgehead atoms. The van der Waals surface area contributed by atoms with Gasteiger partial charge in [-0.15, -0.1) is 0 Å². The summed E-state index contributed by atoms with van der Waals surface area (Å²) in [5, 5.41) is 0. The van der Waals surface area contributed by atoms with Crippen molar-refractivity contribution in [1.82, 2.24) is 0 Å². The molecule has 1 aromatic carbocycles. The van der Waals surface area contributed by atoms with Gasteiger partial charge in [-0.2, -0.15) is 0 Å². The monoisotopic (exact) mass is 261 g/mol. The van der Waals surface area contributed by atoms with Crippen LogP contribution in [0.3, 0.4) is 0 Å². The Morgan fingerprint density at radius 3 is 2.42 bits per heavy atom. The predicted octanol–water partition coefficient (Wildman–Crippen LogP) is 3.23. The second-order valence-corrected chi connectivity index (χ2v) is 5.45. The summed E-state index contributed by atoms with van der Waals surface area (Å²) in [5.41, 5.74) is 6.64. The number of methoxy groups -OCH3 is 1. The van der Waals surface area contributed by atoms with E-state index in [0.717, 1.165) is 5.75 Å². The molecule has 1 saturated carbocycles. The number of carbonyl (C=O) groups is 1. The average molecular weight is 261 g/mol. The summed E-state index contributed by atoms with van der Waals surface area (Å²) in [7, 11) is 1.66. The topological polar surface area (TPSA) is 52.3 Å². The van der Waals surface area contributed by atoms with Crippen LogP contribution in [-0.2, 0) is 4.79 Å². The van der Waals surface area contributed by atoms with Gasteiger partial charge in [0.15, 0.2) is 0 Å². The largest absolute Gasteiger partial charge is 0.497 e. The summed E-state index contributed by atoms with van der Waals surface area (Å²) in [6, 6.07) is 8.07. The summed E-state index contributed by atoms with van der Waals surface area (Å²) in [6.07, 6.45) is 6.75. The highest BCUT2D eigenvalue weighted by atomic mass is 16.5. The van der Waals surface area contributed by atoms with Crippen LogP contribution in [0.1, 0.15) is 50.0 Å². The Labute approximate surface area is 115 Å². The third-order valence-electron chi connectivity index (χ3n) is 4.18. The normalized spacial score (nSPS) is 17.9. The number of ether oxygens (including phenoxy) is 1. The Morgan fingerprint density at radius 1 is 1.26 bits per heavy atom. The highest BCUT2D eigenvalue weighted by Crippen LogP contribution is 2.38. The quantitative estimate of drug-likeness (QED) is 0.884. The van der Waals surface area contributed by atoms with E-state index in [1.807, 2.05) is 12.1 Å². The Morgan fingerprint density at radius 2 is 1.89 bits per heavy atom. The van der Waals surface area contributed by atoms with Crippen LogP contribution in [0.2, 0.25) is 0 Å². The number of primary amides is 1. The molecule has 0 saturated heterocycles. The summed E-state index contributed by atoms with van der Waals surface area (Å²) in [4.78, 5) is 11.3. The fourth-order valence-electron chi connectivity index (χ4n) is 3.16. The second-order valence-electron chi connectivity index (χ2n) is 5.45. The van der Waals surface area contributed by atoms with E-state index >= 15 is 0 Å². The molecule has 0 heterocycles. The Kier molecular flexibility index (Phi) is 4.83. The van der Waals surface area contributed by atoms with Crippen molar-refractivity contribution in [1.29, 1.82) is 0 Å². The molecule has 19 heavy (non-hydrogen) atoms. The van der Waals surface area contributed by atoms with Gasteiger partial charge in [0.1, 0.15) is 5.75 Å². The molecular formula is C16H23NO2. The van der Waals surface area contributed by atoms with Gasteiger partial charge in [0.2, 0.25) is 5.91 Å². The van der Waals surface area contributed by atoms with E-state index in [-0.39, 0.29) is 11.8 Å². The van der Waals surface area contributed by atoms with E-state index in [4.69, 9.17) is 10.5 Å². The predicted molar refractivity (Wildman–Crippen MR) is 76.1 cm³/mol. The van der Waals surface area contributed by atoms with E-state index < -0.39 is 0 Å². The number of amides is 1. The second kappa shape index (κ2) is 6.60. The molecule has 0 spiro atoms. The molecule has 2 rings (SSSR count). The Bertz CT molecular complexity index is 407. The fraction of sp³-hybridized carbons (Fsp3) is 0.562. The maximum Gasteiger partial charge on any atom is 0.218 e. The summed E-state index contributed by atoms with van der Waals surface area (Å²) < 4.78 is 5.18. The van der Waals surface area contributed by atoms with Gasteiger partial charge in [0.25, 0.3) is 0 Å². The number of hydrogen-bond donors (Lipinski definition) is 1. The molecule has 1 aromatic rings. The van der Waals surface area contributed by atoms with Gasteiger partial charge >= 0.3 is 0 Å². The molecule has 1 atom stereocenters. The first kappa shape index (κ1) is 13.9. The zero-order valence-electron chi connectivity index (χ0n) is 11.6. The van der Waals surface area contributed by atoms with Crippen LogP contribution in [0, 0.1) is 5.92 Å². The lowest BCUT2D eigenvalue weighted by atomic mass is 9.75. The first-order chi connectivity index (χ1) is 9.20. The third-order valence-corrected chi connectivity index (χ3v) is 4.18. The molecule has 2 N–H and O–H groups in total. The van der Waals surface area contributed by atoms with Crippen LogP contribution in [-0.4, -0.2) is 13.0 Å². The van der Waals surface area contributed by atoms with Crippen molar-refractivity contribution in [2.24, 2.45) is 11.7 Å². The van der Waals surface area contributed by atoms with Gasteiger partial charge in [-0.3, -0.25) is 4.79 Å². The standard InChI is InChI=1S/C16H23NO2/c1-19-14-9-7-13(8-10-14)15(11-16(17)18)12-5-3-2-4-6-12/h7-10,12,15H,2-6,11H2,1H3,(H2,17,18). The van der Waals surface area contributed by atoms with E-state index in [1.165, 1.54) is 37.7 Å². The number of carbonyl (C=O) groups excluding carboxylic acids is 1. The van der Waals surface area contributed by atoms with Crippen molar-refractivity contribution in [2.45, 2.75) is 44.4 Å². The zero-order valence-corrected chi connectivity index (χ0v) is 11.6. The smallest absolute Gasteiger partial charge is 0.218 e. The van der Waals surface area contributed by atoms with Gasteiger partial charge < -0.3 is 10.5 Å². The molecule has 1 unspecified atom stereocenters. The molecule has 0 radical (unpaired) electrons. The highest BCUT2D eigenvalue weighted by molar-refractivity contribution is 5.74. The highest BCUT2D eigenvalue weighted by Gasteiger charge is 2.26. The number of benzene rings is 1. The van der Waals surface area contributed by atoms with Gasteiger partial charge in [-0.25, -0.2) is 0 Å². The third kappa shape index (κ3) is 3.72. The van der Waals surface area contributed by atoms with Crippen molar-refractivity contribution in [2.75, 3.05) is 7.11 Å². The molecule has 1 aliphatic carbocycles. The van der Waals surface area contributed by atoms with Crippen molar-refractivity contribution < 1.29 is 9.53 Å². The molecule has 3 nitrogen and oxygen atoms in total. The minimum absolute atomic E-state index is 0.202. The van der Waals surface area contributed by atoms with Gasteiger partial charge in [-0.1, -0.05) is 31.4 Å². The number of nitrogens with two attached hydrogens (primary N) is 1. The average Bonchev–Trinajstić information content (AvgIpc) is 2.46. The maximum atomic E-state index is 11.3. The molecule has 0 aliphatic heterocycles. The molecule has 1 amide bonds. The van der Waals surface area contributed by atoms with Gasteiger partial charge in [0, 0.05) is 6.42 Å². The van der Waals surface area contributed by atoms with E-state index in [0.29, 0.717) is 12.3 Å². The molecule has 104 valence electrons. The molecule has 1 aliphatic rings. The van der Waals surface area contributed by atoms with Gasteiger partial charge in [-0.05, 0) is 42.4 Å². The van der Waals surface area contributed by atoms with Crippen LogP contribution >= 0.6 is 0 Å². The minimum atomic E-state index is -0.202. The van der Waals surface area contributed by atoms with Crippen molar-refractivity contribution >= 4 is 5.91 Å². The lowest BCUT2D eigenvalue weighted by molar-refractivity contribution is -0.118. The summed E-state index contributed by atoms with van der Waals surface area (Å²) in [6.45, 7) is 0. The van der Waals surface area contributed by atoms with Gasteiger partial charge in [0.05, 0.1) is 7.11 Å². The zero-order chi connectivity index (χ0) is 13.7. The van der Waals surface area contributed by atoms with Crippen LogP contribution in [0.15, 0.2) is 24.3 Å². The first-order valence-corrected chi connectivity index (χ1v) is 7.13. The number of hydrogen-bond acceptors (Lipinski definition) is 2. The Balaban J connectivity index is 2.17. The lowest BCUT2D eigenvalue weighted by Crippen LogP contribution is -2.22. The van der Waals surface area contributed by atoms with Crippen LogP contribution < -0.4 is 10.5 Å². The summed E-state index contributed by atoms with van der Waals surface area (Å²) >= 11 is 0. The lowest BCUT2D eigenvalue weighted by Gasteiger charge is -2.30. The SMILES string of the molecule is COc1ccc(C(CC(N)=O)C2CCCCC2)cc1. The van der Waals surface area contributed by atoms with Crippen molar-refractivity contribution in [3.63, 3.8) is 0 Å².